The van der Waals surface area contributed by atoms with E-state index in [9.17, 15) is 27.6 Å². The molecule has 0 aromatic carbocycles. The zero-order valence-electron chi connectivity index (χ0n) is 24.1. The van der Waals surface area contributed by atoms with E-state index in [1.807, 2.05) is 12.2 Å². The number of alkyl carbamates (subject to hydrolysis) is 1. The van der Waals surface area contributed by atoms with Gasteiger partial charge in [-0.2, -0.15) is 12.7 Å². The molecule has 14 heteroatoms. The molecule has 4 atom stereocenters. The Kier molecular flexibility index (Phi) is 9.64. The molecule has 3 heterocycles. The molecule has 4 aliphatic rings. The fraction of sp³-hybridized carbons (Fsp3) is 0.778. The Bertz CT molecular complexity index is 1150. The van der Waals surface area contributed by atoms with Gasteiger partial charge in [-0.05, 0) is 59.3 Å². The minimum absolute atomic E-state index is 0.128. The molecular weight excluding hydrogens is 554 g/mol. The van der Waals surface area contributed by atoms with Gasteiger partial charge in [0, 0.05) is 25.6 Å². The van der Waals surface area contributed by atoms with Crippen molar-refractivity contribution >= 4 is 34.0 Å². The minimum Gasteiger partial charge on any atom is -0.444 e. The number of hydrogen-bond donors (Lipinski definition) is 3. The number of carbonyl (C=O) groups is 4. The lowest BCUT2D eigenvalue weighted by atomic mass is 10.0. The van der Waals surface area contributed by atoms with Crippen LogP contribution in [0.25, 0.3) is 0 Å². The van der Waals surface area contributed by atoms with E-state index in [-0.39, 0.29) is 44.5 Å². The van der Waals surface area contributed by atoms with Gasteiger partial charge >= 0.3 is 16.3 Å². The predicted molar refractivity (Wildman–Crippen MR) is 149 cm³/mol. The van der Waals surface area contributed by atoms with Gasteiger partial charge in [0.05, 0.1) is 13.2 Å². The highest BCUT2D eigenvalue weighted by Gasteiger charge is 2.61. The van der Waals surface area contributed by atoms with Crippen LogP contribution in [-0.4, -0.2) is 97.5 Å². The summed E-state index contributed by atoms with van der Waals surface area (Å²) in [5.41, 5.74) is -2.17. The van der Waals surface area contributed by atoms with Crippen molar-refractivity contribution in [3.63, 3.8) is 0 Å². The van der Waals surface area contributed by atoms with E-state index in [0.29, 0.717) is 32.2 Å². The lowest BCUT2D eigenvalue weighted by Crippen LogP contribution is -2.59. The number of carbonyl (C=O) groups excluding carboxylic acids is 4. The number of nitrogens with one attached hydrogen (secondary N) is 3. The number of ether oxygens (including phenoxy) is 2. The number of amides is 4. The van der Waals surface area contributed by atoms with Gasteiger partial charge in [-0.15, -0.1) is 0 Å². The molecule has 4 rings (SSSR count). The molecule has 0 spiro atoms. The van der Waals surface area contributed by atoms with Crippen LogP contribution in [0, 0.1) is 5.92 Å². The van der Waals surface area contributed by atoms with Crippen molar-refractivity contribution in [1.29, 1.82) is 0 Å². The number of nitrogens with zero attached hydrogens (tertiary/aromatic N) is 2. The summed E-state index contributed by atoms with van der Waals surface area (Å²) in [6, 6.07) is -1.70. The first-order valence-electron chi connectivity index (χ1n) is 14.5. The Morgan fingerprint density at radius 3 is 2.51 bits per heavy atom. The molecule has 13 nitrogen and oxygen atoms in total. The molecule has 4 amide bonds. The Morgan fingerprint density at radius 2 is 1.80 bits per heavy atom. The highest BCUT2D eigenvalue weighted by Crippen LogP contribution is 2.45. The molecule has 0 bridgehead atoms. The van der Waals surface area contributed by atoms with Gasteiger partial charge in [-0.3, -0.25) is 14.4 Å². The lowest BCUT2D eigenvalue weighted by Gasteiger charge is -2.31. The maximum atomic E-state index is 13.7. The average Bonchev–Trinajstić information content (AvgIpc) is 3.36. The van der Waals surface area contributed by atoms with Crippen molar-refractivity contribution in [3.05, 3.63) is 12.2 Å². The number of morpholine rings is 1. The third kappa shape index (κ3) is 7.77. The van der Waals surface area contributed by atoms with Crippen molar-refractivity contribution in [3.8, 4) is 0 Å². The van der Waals surface area contributed by atoms with Crippen LogP contribution in [0.3, 0.4) is 0 Å². The van der Waals surface area contributed by atoms with E-state index >= 15 is 0 Å². The summed E-state index contributed by atoms with van der Waals surface area (Å²) in [5.74, 6) is -2.06. The normalized spacial score (nSPS) is 31.0. The molecule has 3 N–H and O–H groups in total. The number of hydrogen-bond acceptors (Lipinski definition) is 8. The zero-order chi connectivity index (χ0) is 29.8. The number of fused-ring (bicyclic) bond motifs is 2. The van der Waals surface area contributed by atoms with Crippen LogP contribution in [0.5, 0.6) is 0 Å². The lowest BCUT2D eigenvalue weighted by molar-refractivity contribution is -0.141. The topological polar surface area (TPSA) is 163 Å². The van der Waals surface area contributed by atoms with Crippen LogP contribution in [0.1, 0.15) is 72.1 Å². The monoisotopic (exact) mass is 597 g/mol. The Morgan fingerprint density at radius 1 is 1.07 bits per heavy atom. The van der Waals surface area contributed by atoms with Crippen molar-refractivity contribution in [2.75, 3.05) is 32.8 Å². The number of allylic oxidation sites excluding steroid dienone is 1. The van der Waals surface area contributed by atoms with Gasteiger partial charge in [0.1, 0.15) is 23.2 Å². The molecule has 0 unspecified atom stereocenters. The Hall–Kier alpha value is -2.71. The molecule has 3 fully saturated rings. The van der Waals surface area contributed by atoms with Crippen molar-refractivity contribution in [2.45, 2.75) is 95.4 Å². The quantitative estimate of drug-likeness (QED) is 0.404. The molecule has 3 aliphatic heterocycles. The standard InChI is InChI=1S/C27H43N5O8S/c1-26(2,3)40-25(36)28-20-11-8-6-4-5-7-10-19-18-27(19,29-22(33)21-12-9-13-32(21)23(20)34)24(35)30-41(37,38)31-14-16-39-17-15-31/h7,10,19-21H,4-6,8-9,11-18H2,1-3H3,(H,28,36)(H,29,33)(H,30,35)/b10-7-/t19-,20-,21-,27+/m0/s1. The number of rotatable bonds is 4. The maximum Gasteiger partial charge on any atom is 0.408 e. The Balaban J connectivity index is 1.53. The summed E-state index contributed by atoms with van der Waals surface area (Å²) in [7, 11) is -4.12. The third-order valence-corrected chi connectivity index (χ3v) is 9.35. The smallest absolute Gasteiger partial charge is 0.408 e. The predicted octanol–water partition coefficient (Wildman–Crippen LogP) is 0.959. The second-order valence-electron chi connectivity index (χ2n) is 12.2. The molecule has 0 radical (unpaired) electrons. The van der Waals surface area contributed by atoms with Crippen molar-refractivity contribution < 1.29 is 37.1 Å². The molecule has 1 aliphatic carbocycles. The second-order valence-corrected chi connectivity index (χ2v) is 13.8. The van der Waals surface area contributed by atoms with E-state index < -0.39 is 51.3 Å². The summed E-state index contributed by atoms with van der Waals surface area (Å²) in [5, 5.41) is 5.53. The summed E-state index contributed by atoms with van der Waals surface area (Å²) < 4.78 is 39.8. The highest BCUT2D eigenvalue weighted by molar-refractivity contribution is 7.87. The first-order valence-corrected chi connectivity index (χ1v) is 16.0. The van der Waals surface area contributed by atoms with Crippen LogP contribution in [0.15, 0.2) is 12.2 Å². The average molecular weight is 598 g/mol. The van der Waals surface area contributed by atoms with Gasteiger partial charge in [0.15, 0.2) is 0 Å². The van der Waals surface area contributed by atoms with Crippen molar-refractivity contribution in [1.82, 2.24) is 24.6 Å². The summed E-state index contributed by atoms with van der Waals surface area (Å²) >= 11 is 0. The van der Waals surface area contributed by atoms with Crippen LogP contribution < -0.4 is 15.4 Å². The molecule has 1 saturated carbocycles. The first kappa shape index (κ1) is 31.2. The highest BCUT2D eigenvalue weighted by atomic mass is 32.2. The van der Waals surface area contributed by atoms with Crippen LogP contribution in [0.4, 0.5) is 4.79 Å². The largest absolute Gasteiger partial charge is 0.444 e. The van der Waals surface area contributed by atoms with E-state index in [1.165, 1.54) is 4.90 Å². The van der Waals surface area contributed by atoms with E-state index in [1.54, 1.807) is 20.8 Å². The maximum absolute atomic E-state index is 13.7. The third-order valence-electron chi connectivity index (χ3n) is 7.86. The van der Waals surface area contributed by atoms with E-state index in [0.717, 1.165) is 23.6 Å². The van der Waals surface area contributed by atoms with Gasteiger partial charge in [-0.25, -0.2) is 9.52 Å². The second kappa shape index (κ2) is 12.7. The van der Waals surface area contributed by atoms with Crippen molar-refractivity contribution in [2.24, 2.45) is 5.92 Å². The molecule has 0 aromatic rings. The van der Waals surface area contributed by atoms with E-state index in [4.69, 9.17) is 9.47 Å². The van der Waals surface area contributed by atoms with Gasteiger partial charge < -0.3 is 25.0 Å². The van der Waals surface area contributed by atoms with Crippen LogP contribution >= 0.6 is 0 Å². The molecule has 230 valence electrons. The fourth-order valence-electron chi connectivity index (χ4n) is 5.60. The summed E-state index contributed by atoms with van der Waals surface area (Å²) in [6.07, 6.45) is 7.81. The molecule has 41 heavy (non-hydrogen) atoms. The summed E-state index contributed by atoms with van der Waals surface area (Å²) in [4.78, 5) is 54.8. The van der Waals surface area contributed by atoms with E-state index in [2.05, 4.69) is 15.4 Å². The molecule has 2 saturated heterocycles. The van der Waals surface area contributed by atoms with Gasteiger partial charge in [0.2, 0.25) is 11.8 Å². The molecular formula is C27H43N5O8S. The Labute approximate surface area is 241 Å². The van der Waals surface area contributed by atoms with Crippen LogP contribution in [0.2, 0.25) is 0 Å². The zero-order valence-corrected chi connectivity index (χ0v) is 25.0. The SMILES string of the molecule is CC(C)(C)OC(=O)N[C@H]1CCCCC/C=C\[C@H]2C[C@@]2(C(=O)NS(=O)(=O)N2CCOCC2)NC(=O)[C@@H]2CCCN2C1=O. The van der Waals surface area contributed by atoms with Gasteiger partial charge in [-0.1, -0.05) is 25.0 Å². The van der Waals surface area contributed by atoms with Gasteiger partial charge in [0.25, 0.3) is 5.91 Å². The van der Waals surface area contributed by atoms with Crippen LogP contribution in [-0.2, 0) is 34.1 Å². The fourth-order valence-corrected chi connectivity index (χ4v) is 6.78. The molecule has 0 aromatic heterocycles. The minimum atomic E-state index is -4.12. The summed E-state index contributed by atoms with van der Waals surface area (Å²) in [6.45, 7) is 6.27. The first-order chi connectivity index (χ1) is 19.3.